The Morgan fingerprint density at radius 3 is 2.40 bits per heavy atom. The maximum absolute atomic E-state index is 8.89. The number of rotatable bonds is 5. The summed E-state index contributed by atoms with van der Waals surface area (Å²) in [6, 6.07) is 27.7. The van der Waals surface area contributed by atoms with E-state index in [9.17, 15) is 0 Å². The van der Waals surface area contributed by atoms with Gasteiger partial charge in [-0.2, -0.15) is 10.4 Å². The Bertz CT molecular complexity index is 893. The fourth-order valence-corrected chi connectivity index (χ4v) is 2.49. The highest BCUT2D eigenvalue weighted by Gasteiger charge is 2.02. The van der Waals surface area contributed by atoms with Gasteiger partial charge in [0, 0.05) is 0 Å². The molecule has 0 amide bonds. The highest BCUT2D eigenvalue weighted by molar-refractivity contribution is 5.79. The molecule has 0 aliphatic rings. The van der Waals surface area contributed by atoms with E-state index in [1.165, 1.54) is 5.12 Å². The van der Waals surface area contributed by atoms with Crippen molar-refractivity contribution in [1.82, 2.24) is 5.12 Å². The van der Waals surface area contributed by atoms with Gasteiger partial charge in [-0.25, -0.2) is 11.0 Å². The highest BCUT2D eigenvalue weighted by Crippen LogP contribution is 2.21. The van der Waals surface area contributed by atoms with Gasteiger partial charge < -0.3 is 0 Å². The molecule has 122 valence electrons. The number of nitriles is 1. The molecule has 0 spiro atoms. The molecule has 0 saturated heterocycles. The van der Waals surface area contributed by atoms with Gasteiger partial charge in [0.15, 0.2) is 0 Å². The zero-order valence-corrected chi connectivity index (χ0v) is 13.7. The van der Waals surface area contributed by atoms with Crippen molar-refractivity contribution in [1.29, 1.82) is 5.26 Å². The molecule has 3 aromatic rings. The fraction of sp³-hybridized carbons (Fsp3) is 0.0476. The summed E-state index contributed by atoms with van der Waals surface area (Å²) in [5.41, 5.74) is 4.88. The molecule has 3 rings (SSSR count). The van der Waals surface area contributed by atoms with E-state index in [0.29, 0.717) is 12.1 Å². The Hall–Kier alpha value is -3.42. The summed E-state index contributed by atoms with van der Waals surface area (Å²) in [5.74, 6) is 5.98. The second-order valence-electron chi connectivity index (χ2n) is 5.64. The molecule has 25 heavy (non-hydrogen) atoms. The standard InChI is InChI=1S/C21H18N4/c22-14-17-9-11-20(12-10-17)21-8-4-7-19(13-21)16-25(23)24-15-18-5-2-1-3-6-18/h1-13,15H,16,23H2. The number of nitrogens with two attached hydrogens (primary N) is 1. The van der Waals surface area contributed by atoms with Crippen LogP contribution in [0.1, 0.15) is 16.7 Å². The summed E-state index contributed by atoms with van der Waals surface area (Å²) >= 11 is 0. The second-order valence-corrected chi connectivity index (χ2v) is 5.64. The van der Waals surface area contributed by atoms with E-state index in [0.717, 1.165) is 22.3 Å². The molecule has 0 aromatic heterocycles. The summed E-state index contributed by atoms with van der Waals surface area (Å²) in [6.45, 7) is 0.507. The predicted molar refractivity (Wildman–Crippen MR) is 100 cm³/mol. The lowest BCUT2D eigenvalue weighted by Gasteiger charge is -2.13. The molecule has 4 heteroatoms. The lowest BCUT2D eigenvalue weighted by atomic mass is 10.0. The van der Waals surface area contributed by atoms with Gasteiger partial charge >= 0.3 is 0 Å². The van der Waals surface area contributed by atoms with E-state index in [4.69, 9.17) is 11.1 Å². The molecule has 0 aliphatic carbocycles. The van der Waals surface area contributed by atoms with Crippen LogP contribution in [0.3, 0.4) is 0 Å². The van der Waals surface area contributed by atoms with Crippen LogP contribution in [0.2, 0.25) is 0 Å². The molecule has 0 bridgehead atoms. The first-order valence-corrected chi connectivity index (χ1v) is 7.95. The van der Waals surface area contributed by atoms with Gasteiger partial charge in [-0.1, -0.05) is 60.7 Å². The number of benzene rings is 3. The maximum Gasteiger partial charge on any atom is 0.0991 e. The van der Waals surface area contributed by atoms with Crippen molar-refractivity contribution in [3.8, 4) is 17.2 Å². The molecule has 4 nitrogen and oxygen atoms in total. The zero-order valence-electron chi connectivity index (χ0n) is 13.7. The van der Waals surface area contributed by atoms with Crippen LogP contribution in [-0.2, 0) is 6.54 Å². The van der Waals surface area contributed by atoms with Crippen molar-refractivity contribution < 1.29 is 0 Å². The number of hydrazine groups is 1. The first kappa shape index (κ1) is 16.4. The smallest absolute Gasteiger partial charge is 0.0991 e. The zero-order chi connectivity index (χ0) is 17.5. The third-order valence-corrected chi connectivity index (χ3v) is 3.77. The molecular weight excluding hydrogens is 308 g/mol. The summed E-state index contributed by atoms with van der Waals surface area (Å²) < 4.78 is 0. The number of hydrogen-bond acceptors (Lipinski definition) is 4. The van der Waals surface area contributed by atoms with Gasteiger partial charge in [0.1, 0.15) is 0 Å². The molecule has 0 heterocycles. The molecule has 0 saturated carbocycles. The fourth-order valence-electron chi connectivity index (χ4n) is 2.49. The van der Waals surface area contributed by atoms with Gasteiger partial charge in [0.2, 0.25) is 0 Å². The molecule has 0 fully saturated rings. The SMILES string of the molecule is N#Cc1ccc(-c2cccc(CN(N)N=Cc3ccccc3)c2)cc1. The first-order chi connectivity index (χ1) is 12.2. The van der Waals surface area contributed by atoms with Gasteiger partial charge in [0.25, 0.3) is 0 Å². The van der Waals surface area contributed by atoms with Crippen LogP contribution in [-0.4, -0.2) is 11.3 Å². The number of hydrazone groups is 1. The molecule has 0 aliphatic heterocycles. The maximum atomic E-state index is 8.89. The normalized spacial score (nSPS) is 10.6. The Balaban J connectivity index is 1.70. The van der Waals surface area contributed by atoms with Crippen molar-refractivity contribution in [3.05, 3.63) is 95.6 Å². The average Bonchev–Trinajstić information content (AvgIpc) is 2.67. The summed E-state index contributed by atoms with van der Waals surface area (Å²) in [4.78, 5) is 0. The number of nitrogens with zero attached hydrogens (tertiary/aromatic N) is 3. The minimum absolute atomic E-state index is 0.507. The summed E-state index contributed by atoms with van der Waals surface area (Å²) in [6.07, 6.45) is 1.74. The Kier molecular flexibility index (Phi) is 5.20. The third kappa shape index (κ3) is 4.54. The van der Waals surface area contributed by atoms with Crippen molar-refractivity contribution >= 4 is 6.21 Å². The topological polar surface area (TPSA) is 65.4 Å². The minimum atomic E-state index is 0.507. The molecule has 0 atom stereocenters. The van der Waals surface area contributed by atoms with Crippen molar-refractivity contribution in [2.45, 2.75) is 6.54 Å². The van der Waals surface area contributed by atoms with Crippen LogP contribution in [0.25, 0.3) is 11.1 Å². The minimum Gasteiger partial charge on any atom is -0.231 e. The summed E-state index contributed by atoms with van der Waals surface area (Å²) in [7, 11) is 0. The van der Waals surface area contributed by atoms with Crippen molar-refractivity contribution in [3.63, 3.8) is 0 Å². The Morgan fingerprint density at radius 1 is 0.920 bits per heavy atom. The largest absolute Gasteiger partial charge is 0.231 e. The lowest BCUT2D eigenvalue weighted by molar-refractivity contribution is 0.292. The predicted octanol–water partition coefficient (Wildman–Crippen LogP) is 3.94. The Labute approximate surface area is 147 Å². The van der Waals surface area contributed by atoms with Crippen LogP contribution in [0.15, 0.2) is 84.0 Å². The quantitative estimate of drug-likeness (QED) is 0.439. The molecular formula is C21H18N4. The van der Waals surface area contributed by atoms with Crippen LogP contribution >= 0.6 is 0 Å². The summed E-state index contributed by atoms with van der Waals surface area (Å²) in [5, 5.41) is 14.6. The molecule has 2 N–H and O–H groups in total. The first-order valence-electron chi connectivity index (χ1n) is 7.95. The Morgan fingerprint density at radius 2 is 1.68 bits per heavy atom. The van der Waals surface area contributed by atoms with E-state index in [2.05, 4.69) is 17.2 Å². The van der Waals surface area contributed by atoms with E-state index < -0.39 is 0 Å². The third-order valence-electron chi connectivity index (χ3n) is 3.77. The van der Waals surface area contributed by atoms with E-state index in [-0.39, 0.29) is 0 Å². The average molecular weight is 326 g/mol. The molecule has 3 aromatic carbocycles. The highest BCUT2D eigenvalue weighted by atomic mass is 15.6. The van der Waals surface area contributed by atoms with E-state index in [1.54, 1.807) is 6.21 Å². The van der Waals surface area contributed by atoms with Crippen LogP contribution in [0, 0.1) is 11.3 Å². The van der Waals surface area contributed by atoms with Crippen molar-refractivity contribution in [2.75, 3.05) is 0 Å². The monoisotopic (exact) mass is 326 g/mol. The number of hydrogen-bond donors (Lipinski definition) is 1. The van der Waals surface area contributed by atoms with Gasteiger partial charge in [-0.15, -0.1) is 0 Å². The van der Waals surface area contributed by atoms with E-state index >= 15 is 0 Å². The van der Waals surface area contributed by atoms with Gasteiger partial charge in [0.05, 0.1) is 24.4 Å². The van der Waals surface area contributed by atoms with Crippen molar-refractivity contribution in [2.24, 2.45) is 10.9 Å². The second kappa shape index (κ2) is 7.91. The van der Waals surface area contributed by atoms with Gasteiger partial charge in [-0.3, -0.25) is 0 Å². The van der Waals surface area contributed by atoms with Crippen LogP contribution in [0.4, 0.5) is 0 Å². The molecule has 0 radical (unpaired) electrons. The molecule has 0 unspecified atom stereocenters. The van der Waals surface area contributed by atoms with Crippen LogP contribution < -0.4 is 5.84 Å². The van der Waals surface area contributed by atoms with E-state index in [1.807, 2.05) is 72.8 Å². The van der Waals surface area contributed by atoms with Gasteiger partial charge in [-0.05, 0) is 40.5 Å². The lowest BCUT2D eigenvalue weighted by Crippen LogP contribution is -2.24. The van der Waals surface area contributed by atoms with Crippen LogP contribution in [0.5, 0.6) is 0 Å².